The number of nitrogens with one attached hydrogen (secondary N) is 1. The molecule has 18 heavy (non-hydrogen) atoms. The minimum absolute atomic E-state index is 0.0148. The van der Waals surface area contributed by atoms with Crippen LogP contribution in [-0.4, -0.2) is 60.5 Å². The topological polar surface area (TPSA) is 35.6 Å². The molecule has 1 saturated carbocycles. The van der Waals surface area contributed by atoms with E-state index < -0.39 is 0 Å². The Hall–Kier alpha value is -0.610. The molecule has 0 aromatic carbocycles. The number of amides is 1. The van der Waals surface area contributed by atoms with E-state index in [1.165, 1.54) is 12.8 Å². The van der Waals surface area contributed by atoms with Crippen molar-refractivity contribution in [3.63, 3.8) is 0 Å². The van der Waals surface area contributed by atoms with Gasteiger partial charge in [0.25, 0.3) is 0 Å². The van der Waals surface area contributed by atoms with Gasteiger partial charge in [-0.05, 0) is 60.2 Å². The predicted octanol–water partition coefficient (Wildman–Crippen LogP) is 1.07. The van der Waals surface area contributed by atoms with Crippen molar-refractivity contribution in [2.75, 3.05) is 27.2 Å². The number of hydrogen-bond donors (Lipinski definition) is 1. The average Bonchev–Trinajstić information content (AvgIpc) is 3.10. The summed E-state index contributed by atoms with van der Waals surface area (Å²) in [5.74, 6) is 0.345. The fourth-order valence-corrected chi connectivity index (χ4v) is 3.01. The molecule has 1 amide bonds. The second-order valence-electron chi connectivity index (χ2n) is 6.39. The second-order valence-corrected chi connectivity index (χ2v) is 6.39. The zero-order valence-electron chi connectivity index (χ0n) is 12.2. The Labute approximate surface area is 111 Å². The fourth-order valence-electron chi connectivity index (χ4n) is 3.01. The number of likely N-dealkylation sites (N-methyl/N-ethyl adjacent to an activating group) is 1. The first kappa shape index (κ1) is 13.8. The van der Waals surface area contributed by atoms with Gasteiger partial charge in [-0.15, -0.1) is 0 Å². The summed E-state index contributed by atoms with van der Waals surface area (Å²) < 4.78 is 0. The van der Waals surface area contributed by atoms with Crippen molar-refractivity contribution in [1.29, 1.82) is 0 Å². The molecular weight excluding hydrogens is 226 g/mol. The summed E-state index contributed by atoms with van der Waals surface area (Å²) in [6.07, 6.45) is 4.36. The van der Waals surface area contributed by atoms with Crippen LogP contribution in [0.2, 0.25) is 0 Å². The highest BCUT2D eigenvalue weighted by molar-refractivity contribution is 5.83. The first-order valence-corrected chi connectivity index (χ1v) is 7.15. The quantitative estimate of drug-likeness (QED) is 0.814. The molecular formula is C14H27N3O. The maximum absolute atomic E-state index is 12.8. The van der Waals surface area contributed by atoms with Gasteiger partial charge < -0.3 is 10.2 Å². The van der Waals surface area contributed by atoms with Crippen molar-refractivity contribution in [3.8, 4) is 0 Å². The molecule has 0 aromatic rings. The van der Waals surface area contributed by atoms with Crippen molar-refractivity contribution in [2.45, 2.75) is 57.2 Å². The Morgan fingerprint density at radius 3 is 2.61 bits per heavy atom. The van der Waals surface area contributed by atoms with Gasteiger partial charge in [-0.1, -0.05) is 0 Å². The largest absolute Gasteiger partial charge is 0.333 e. The Morgan fingerprint density at radius 1 is 1.39 bits per heavy atom. The minimum atomic E-state index is 0.0148. The van der Waals surface area contributed by atoms with Gasteiger partial charge in [0.15, 0.2) is 0 Å². The van der Waals surface area contributed by atoms with Crippen molar-refractivity contribution < 1.29 is 4.79 Å². The molecule has 1 heterocycles. The molecule has 1 aliphatic carbocycles. The van der Waals surface area contributed by atoms with Crippen LogP contribution in [0.4, 0.5) is 0 Å². The molecule has 0 bridgehead atoms. The fraction of sp³-hybridized carbons (Fsp3) is 0.929. The molecule has 1 aliphatic heterocycles. The highest BCUT2D eigenvalue weighted by Crippen LogP contribution is 2.37. The lowest BCUT2D eigenvalue weighted by molar-refractivity contribution is -0.140. The first-order chi connectivity index (χ1) is 8.47. The number of rotatable bonds is 4. The summed E-state index contributed by atoms with van der Waals surface area (Å²) in [5, 5.41) is 3.16. The van der Waals surface area contributed by atoms with E-state index in [1.807, 2.05) is 7.05 Å². The van der Waals surface area contributed by atoms with Gasteiger partial charge >= 0.3 is 0 Å². The summed E-state index contributed by atoms with van der Waals surface area (Å²) in [7, 11) is 4.04. The molecule has 104 valence electrons. The molecule has 1 N–H and O–H groups in total. The van der Waals surface area contributed by atoms with Crippen LogP contribution < -0.4 is 5.32 Å². The molecule has 2 aliphatic rings. The predicted molar refractivity (Wildman–Crippen MR) is 73.5 cm³/mol. The van der Waals surface area contributed by atoms with Crippen molar-refractivity contribution >= 4 is 5.91 Å². The number of hydrogen-bond acceptors (Lipinski definition) is 3. The van der Waals surface area contributed by atoms with Gasteiger partial charge in [0, 0.05) is 18.1 Å². The second kappa shape index (κ2) is 5.17. The number of carbonyl (C=O) groups excluding carboxylic acids is 1. The third kappa shape index (κ3) is 2.69. The van der Waals surface area contributed by atoms with Gasteiger partial charge in [0.05, 0.1) is 6.04 Å². The zero-order valence-corrected chi connectivity index (χ0v) is 12.2. The van der Waals surface area contributed by atoms with Crippen molar-refractivity contribution in [2.24, 2.45) is 0 Å². The van der Waals surface area contributed by atoms with Gasteiger partial charge in [-0.25, -0.2) is 0 Å². The van der Waals surface area contributed by atoms with E-state index in [0.717, 1.165) is 25.9 Å². The van der Waals surface area contributed by atoms with Crippen LogP contribution in [0.5, 0.6) is 0 Å². The van der Waals surface area contributed by atoms with Crippen LogP contribution in [0, 0.1) is 0 Å². The standard InChI is InChI=1S/C14H27N3O/c1-14(2)8-10-16(4)12(7-9-15-3)13(18)17(14)11-5-6-11/h11-12,15H,5-10H2,1-4H3. The summed E-state index contributed by atoms with van der Waals surface area (Å²) >= 11 is 0. The highest BCUT2D eigenvalue weighted by Gasteiger charge is 2.46. The molecule has 1 saturated heterocycles. The van der Waals surface area contributed by atoms with Crippen LogP contribution in [0.1, 0.15) is 39.5 Å². The van der Waals surface area contributed by atoms with Crippen molar-refractivity contribution in [1.82, 2.24) is 15.1 Å². The third-order valence-corrected chi connectivity index (χ3v) is 4.36. The zero-order chi connectivity index (χ0) is 13.3. The highest BCUT2D eigenvalue weighted by atomic mass is 16.2. The maximum Gasteiger partial charge on any atom is 0.240 e. The molecule has 4 nitrogen and oxygen atoms in total. The summed E-state index contributed by atoms with van der Waals surface area (Å²) in [4.78, 5) is 17.2. The molecule has 2 fully saturated rings. The van der Waals surface area contributed by atoms with E-state index in [4.69, 9.17) is 0 Å². The van der Waals surface area contributed by atoms with Gasteiger partial charge in [0.1, 0.15) is 0 Å². The molecule has 1 atom stereocenters. The van der Waals surface area contributed by atoms with E-state index in [-0.39, 0.29) is 11.6 Å². The molecule has 4 heteroatoms. The van der Waals surface area contributed by atoms with Crippen LogP contribution in [0.15, 0.2) is 0 Å². The normalized spacial score (nSPS) is 29.4. The molecule has 0 aromatic heterocycles. The van der Waals surface area contributed by atoms with Gasteiger partial charge in [-0.3, -0.25) is 9.69 Å². The van der Waals surface area contributed by atoms with E-state index in [0.29, 0.717) is 11.9 Å². The smallest absolute Gasteiger partial charge is 0.240 e. The van der Waals surface area contributed by atoms with Crippen LogP contribution in [0.25, 0.3) is 0 Å². The molecule has 2 rings (SSSR count). The van der Waals surface area contributed by atoms with Crippen molar-refractivity contribution in [3.05, 3.63) is 0 Å². The van der Waals surface area contributed by atoms with Crippen LogP contribution in [-0.2, 0) is 4.79 Å². The lowest BCUT2D eigenvalue weighted by Gasteiger charge is -2.38. The number of nitrogens with zero attached hydrogens (tertiary/aromatic N) is 2. The Kier molecular flexibility index (Phi) is 3.97. The van der Waals surface area contributed by atoms with E-state index in [9.17, 15) is 4.79 Å². The lowest BCUT2D eigenvalue weighted by atomic mass is 9.98. The average molecular weight is 253 g/mol. The lowest BCUT2D eigenvalue weighted by Crippen LogP contribution is -2.52. The maximum atomic E-state index is 12.8. The third-order valence-electron chi connectivity index (χ3n) is 4.36. The summed E-state index contributed by atoms with van der Waals surface area (Å²) in [6.45, 7) is 6.35. The summed E-state index contributed by atoms with van der Waals surface area (Å²) in [5.41, 5.74) is 0.0148. The van der Waals surface area contributed by atoms with E-state index in [1.54, 1.807) is 0 Å². The Bertz CT molecular complexity index is 312. The molecule has 0 spiro atoms. The van der Waals surface area contributed by atoms with Gasteiger partial charge in [0.2, 0.25) is 5.91 Å². The SMILES string of the molecule is CNCCC1C(=O)N(C2CC2)C(C)(C)CCN1C. The monoisotopic (exact) mass is 253 g/mol. The molecule has 1 unspecified atom stereocenters. The van der Waals surface area contributed by atoms with E-state index >= 15 is 0 Å². The minimum Gasteiger partial charge on any atom is -0.333 e. The first-order valence-electron chi connectivity index (χ1n) is 7.15. The number of carbonyl (C=O) groups is 1. The Morgan fingerprint density at radius 2 is 2.06 bits per heavy atom. The van der Waals surface area contributed by atoms with Crippen LogP contribution >= 0.6 is 0 Å². The molecule has 0 radical (unpaired) electrons. The summed E-state index contributed by atoms with van der Waals surface area (Å²) in [6, 6.07) is 0.566. The van der Waals surface area contributed by atoms with Crippen LogP contribution in [0.3, 0.4) is 0 Å². The van der Waals surface area contributed by atoms with Gasteiger partial charge in [-0.2, -0.15) is 0 Å². The van der Waals surface area contributed by atoms with E-state index in [2.05, 4.69) is 36.0 Å². The Balaban J connectivity index is 2.17.